The number of hydrogen-bond donors (Lipinski definition) is 2. The molecule has 0 fully saturated rings. The quantitative estimate of drug-likeness (QED) is 0.259. The molecule has 0 spiro atoms. The number of nitrogens with one attached hydrogen (secondary N) is 1. The third-order valence-corrected chi connectivity index (χ3v) is 4.16. The Kier molecular flexibility index (Phi) is 8.21. The molecule has 2 heterocycles. The van der Waals surface area contributed by atoms with Crippen LogP contribution in [0.3, 0.4) is 0 Å². The van der Waals surface area contributed by atoms with Crippen LogP contribution in [0.25, 0.3) is 5.65 Å². The van der Waals surface area contributed by atoms with Crippen LogP contribution in [-0.4, -0.2) is 59.5 Å². The number of aliphatic imine (C=N–C) groups is 1. The first-order valence-electron chi connectivity index (χ1n) is 9.75. The predicted molar refractivity (Wildman–Crippen MR) is 111 cm³/mol. The summed E-state index contributed by atoms with van der Waals surface area (Å²) in [4.78, 5) is 32.2. The molecule has 0 atom stereocenters. The van der Waals surface area contributed by atoms with Crippen LogP contribution in [0.4, 0.5) is 13.2 Å². The third kappa shape index (κ3) is 5.56. The zero-order valence-corrected chi connectivity index (χ0v) is 17.8. The first-order chi connectivity index (χ1) is 15.1. The van der Waals surface area contributed by atoms with Crippen LogP contribution in [-0.2, 0) is 9.53 Å². The van der Waals surface area contributed by atoms with Gasteiger partial charge in [0.2, 0.25) is 0 Å². The molecule has 2 rings (SSSR count). The van der Waals surface area contributed by atoms with Gasteiger partial charge in [0.1, 0.15) is 11.3 Å². The number of alkyl halides is 3. The minimum Gasteiger partial charge on any atom is -0.490 e. The Hall–Kier alpha value is -3.57. The van der Waals surface area contributed by atoms with Crippen molar-refractivity contribution in [3.05, 3.63) is 41.5 Å². The van der Waals surface area contributed by atoms with E-state index in [4.69, 9.17) is 10.5 Å². The van der Waals surface area contributed by atoms with E-state index in [0.717, 1.165) is 0 Å². The molecule has 0 aliphatic heterocycles. The first kappa shape index (κ1) is 24.7. The average molecular weight is 455 g/mol. The maximum absolute atomic E-state index is 13.3. The lowest BCUT2D eigenvalue weighted by molar-refractivity contribution is -0.138. The summed E-state index contributed by atoms with van der Waals surface area (Å²) in [7, 11) is 0. The number of halogens is 3. The summed E-state index contributed by atoms with van der Waals surface area (Å²) in [5.74, 6) is -1.29. The Bertz CT molecular complexity index is 1040. The number of carbonyl (C=O) groups excluding carboxylic acids is 2. The second-order valence-electron chi connectivity index (χ2n) is 6.33. The van der Waals surface area contributed by atoms with E-state index in [0.29, 0.717) is 29.9 Å². The maximum atomic E-state index is 13.3. The number of pyridine rings is 1. The van der Waals surface area contributed by atoms with E-state index < -0.39 is 35.9 Å². The van der Waals surface area contributed by atoms with Crippen molar-refractivity contribution in [2.75, 3.05) is 26.3 Å². The number of hydrogen-bond acceptors (Lipinski definition) is 7. The van der Waals surface area contributed by atoms with Gasteiger partial charge in [0.25, 0.3) is 5.91 Å². The van der Waals surface area contributed by atoms with E-state index in [-0.39, 0.29) is 18.8 Å². The van der Waals surface area contributed by atoms with Crippen molar-refractivity contribution in [2.24, 2.45) is 10.7 Å². The zero-order valence-electron chi connectivity index (χ0n) is 17.8. The lowest BCUT2D eigenvalue weighted by Gasteiger charge is -2.13. The molecule has 2 aromatic heterocycles. The summed E-state index contributed by atoms with van der Waals surface area (Å²) in [5.41, 5.74) is 3.90. The standard InChI is InChI=1S/C20H24F3N5O4/c1-4-31-14-7-6-10-28-15(12(3)27-17(14)28)18(29)26-9-8-25-16(20(21,22)23)13(11-24)19(30)32-5-2/h6-7,10-11H,4-5,8-9,24H2,1-3H3,(H,26,29). The number of aromatic nitrogens is 2. The Morgan fingerprint density at radius 1 is 1.31 bits per heavy atom. The van der Waals surface area contributed by atoms with Gasteiger partial charge in [-0.05, 0) is 32.9 Å². The SMILES string of the molecule is CCOC(=O)C(=CN)C(=NCCNC(=O)c1c(C)nc2c(OCC)cccn12)C(F)(F)F. The molecular formula is C20H24F3N5O4. The molecular weight excluding hydrogens is 431 g/mol. The third-order valence-electron chi connectivity index (χ3n) is 4.16. The molecule has 174 valence electrons. The fourth-order valence-electron chi connectivity index (χ4n) is 2.90. The van der Waals surface area contributed by atoms with Crippen LogP contribution in [0, 0.1) is 6.92 Å². The van der Waals surface area contributed by atoms with Gasteiger partial charge < -0.3 is 20.5 Å². The molecule has 0 bridgehead atoms. The number of fused-ring (bicyclic) bond motifs is 1. The highest BCUT2D eigenvalue weighted by Gasteiger charge is 2.40. The fourth-order valence-corrected chi connectivity index (χ4v) is 2.90. The van der Waals surface area contributed by atoms with Crippen molar-refractivity contribution < 1.29 is 32.2 Å². The summed E-state index contributed by atoms with van der Waals surface area (Å²) < 4.78 is 51.7. The number of ether oxygens (including phenoxy) is 2. The van der Waals surface area contributed by atoms with E-state index in [2.05, 4.69) is 20.0 Å². The van der Waals surface area contributed by atoms with E-state index >= 15 is 0 Å². The van der Waals surface area contributed by atoms with Crippen LogP contribution in [0.2, 0.25) is 0 Å². The summed E-state index contributed by atoms with van der Waals surface area (Å²) in [5, 5.41) is 2.51. The maximum Gasteiger partial charge on any atom is 0.433 e. The molecule has 0 unspecified atom stereocenters. The van der Waals surface area contributed by atoms with Crippen LogP contribution >= 0.6 is 0 Å². The van der Waals surface area contributed by atoms with Crippen LogP contribution in [0.15, 0.2) is 35.1 Å². The first-order valence-corrected chi connectivity index (χ1v) is 9.75. The summed E-state index contributed by atoms with van der Waals surface area (Å²) in [6, 6.07) is 3.40. The number of aryl methyl sites for hydroxylation is 1. The highest BCUT2D eigenvalue weighted by molar-refractivity contribution is 6.21. The van der Waals surface area contributed by atoms with Crippen molar-refractivity contribution in [3.8, 4) is 5.75 Å². The second-order valence-corrected chi connectivity index (χ2v) is 6.33. The highest BCUT2D eigenvalue weighted by atomic mass is 19.4. The van der Waals surface area contributed by atoms with Gasteiger partial charge in [-0.25, -0.2) is 9.78 Å². The van der Waals surface area contributed by atoms with Gasteiger partial charge in [-0.15, -0.1) is 0 Å². The number of imidazole rings is 1. The number of nitrogens with two attached hydrogens (primary N) is 1. The molecule has 0 aromatic carbocycles. The Morgan fingerprint density at radius 3 is 2.62 bits per heavy atom. The Labute approximate surface area is 182 Å². The van der Waals surface area contributed by atoms with Crippen LogP contribution in [0.5, 0.6) is 5.75 Å². The lowest BCUT2D eigenvalue weighted by Crippen LogP contribution is -2.32. The molecule has 32 heavy (non-hydrogen) atoms. The van der Waals surface area contributed by atoms with Crippen molar-refractivity contribution in [3.63, 3.8) is 0 Å². The molecule has 9 nitrogen and oxygen atoms in total. The molecule has 2 aromatic rings. The summed E-state index contributed by atoms with van der Waals surface area (Å²) in [6.07, 6.45) is -2.80. The second kappa shape index (κ2) is 10.6. The minimum absolute atomic E-state index is 0.124. The number of esters is 1. The van der Waals surface area contributed by atoms with Gasteiger partial charge in [-0.1, -0.05) is 0 Å². The molecule has 0 saturated carbocycles. The van der Waals surface area contributed by atoms with Crippen molar-refractivity contribution >= 4 is 23.2 Å². The van der Waals surface area contributed by atoms with E-state index in [9.17, 15) is 22.8 Å². The molecule has 0 radical (unpaired) electrons. The average Bonchev–Trinajstić information content (AvgIpc) is 3.06. The molecule has 0 aliphatic rings. The van der Waals surface area contributed by atoms with Gasteiger partial charge in [-0.2, -0.15) is 13.2 Å². The van der Waals surface area contributed by atoms with Crippen molar-refractivity contribution in [2.45, 2.75) is 26.9 Å². The van der Waals surface area contributed by atoms with E-state index in [1.165, 1.54) is 11.3 Å². The van der Waals surface area contributed by atoms with E-state index in [1.54, 1.807) is 25.3 Å². The molecule has 0 aliphatic carbocycles. The molecule has 0 saturated heterocycles. The highest BCUT2D eigenvalue weighted by Crippen LogP contribution is 2.23. The number of carbonyl (C=O) groups is 2. The topological polar surface area (TPSA) is 120 Å². The minimum atomic E-state index is -4.93. The van der Waals surface area contributed by atoms with Gasteiger partial charge in [0.05, 0.1) is 25.5 Å². The van der Waals surface area contributed by atoms with Crippen LogP contribution in [0.1, 0.15) is 30.0 Å². The molecule has 1 amide bonds. The smallest absolute Gasteiger partial charge is 0.433 e. The largest absolute Gasteiger partial charge is 0.490 e. The predicted octanol–water partition coefficient (Wildman–Crippen LogP) is 2.18. The fraction of sp³-hybridized carbons (Fsp3) is 0.400. The summed E-state index contributed by atoms with van der Waals surface area (Å²) in [6.45, 7) is 4.52. The van der Waals surface area contributed by atoms with E-state index in [1.807, 2.05) is 6.92 Å². The van der Waals surface area contributed by atoms with Crippen LogP contribution < -0.4 is 15.8 Å². The number of amides is 1. The summed E-state index contributed by atoms with van der Waals surface area (Å²) >= 11 is 0. The molecule has 12 heteroatoms. The lowest BCUT2D eigenvalue weighted by atomic mass is 10.1. The van der Waals surface area contributed by atoms with Crippen molar-refractivity contribution in [1.29, 1.82) is 0 Å². The van der Waals surface area contributed by atoms with Gasteiger partial charge >= 0.3 is 12.1 Å². The number of nitrogens with zero attached hydrogens (tertiary/aromatic N) is 3. The normalized spacial score (nSPS) is 12.7. The van der Waals surface area contributed by atoms with Gasteiger partial charge in [0.15, 0.2) is 17.1 Å². The van der Waals surface area contributed by atoms with Gasteiger partial charge in [-0.3, -0.25) is 14.2 Å². The Morgan fingerprint density at radius 2 is 2.03 bits per heavy atom. The van der Waals surface area contributed by atoms with Crippen molar-refractivity contribution in [1.82, 2.24) is 14.7 Å². The molecule has 3 N–H and O–H groups in total. The number of rotatable bonds is 9. The Balaban J connectivity index is 2.17. The monoisotopic (exact) mass is 455 g/mol. The van der Waals surface area contributed by atoms with Gasteiger partial charge in [0, 0.05) is 18.9 Å². The zero-order chi connectivity index (χ0) is 23.9.